The van der Waals surface area contributed by atoms with Gasteiger partial charge in [0, 0.05) is 34.6 Å². The summed E-state index contributed by atoms with van der Waals surface area (Å²) in [6.07, 6.45) is 2.80. The van der Waals surface area contributed by atoms with E-state index in [1.54, 1.807) is 0 Å². The van der Waals surface area contributed by atoms with Crippen LogP contribution in [0, 0.1) is 0 Å². The number of sulfone groups is 1. The summed E-state index contributed by atoms with van der Waals surface area (Å²) in [6.45, 7) is 1.90. The van der Waals surface area contributed by atoms with Gasteiger partial charge < -0.3 is 5.73 Å². The van der Waals surface area contributed by atoms with Gasteiger partial charge in [-0.25, -0.2) is 8.42 Å². The molecular weight excluding hydrogens is 222 g/mol. The van der Waals surface area contributed by atoms with Gasteiger partial charge in [0.15, 0.2) is 0 Å². The molecule has 14 heavy (non-hydrogen) atoms. The molecule has 0 fully saturated rings. The van der Waals surface area contributed by atoms with Crippen LogP contribution in [0.5, 0.6) is 0 Å². The predicted molar refractivity (Wildman–Crippen MR) is 60.5 cm³/mol. The molecule has 2 unspecified atom stereocenters. The summed E-state index contributed by atoms with van der Waals surface area (Å²) in [4.78, 5) is 0. The van der Waals surface area contributed by atoms with Crippen molar-refractivity contribution >= 4 is 20.6 Å². The number of rotatable bonds is 7. The first-order valence-electron chi connectivity index (χ1n) is 4.59. The van der Waals surface area contributed by atoms with Crippen LogP contribution in [-0.2, 0) is 20.6 Å². The molecule has 4 nitrogen and oxygen atoms in total. The standard InChI is InChI=1S/C8H19NO3S2/c1-8(9)4-3-5-13(10)6-7-14(2,11)12/h8H,3-7,9H2,1-2H3. The smallest absolute Gasteiger partial charge is 0.148 e. The van der Waals surface area contributed by atoms with Gasteiger partial charge in [-0.3, -0.25) is 4.21 Å². The Bertz CT molecular complexity index is 272. The summed E-state index contributed by atoms with van der Waals surface area (Å²) >= 11 is 0. The van der Waals surface area contributed by atoms with Crippen molar-refractivity contribution in [3.63, 3.8) is 0 Å². The topological polar surface area (TPSA) is 77.2 Å². The monoisotopic (exact) mass is 241 g/mol. The Morgan fingerprint density at radius 3 is 2.36 bits per heavy atom. The summed E-state index contributed by atoms with van der Waals surface area (Å²) in [5.74, 6) is 0.812. The third-order valence-corrected chi connectivity index (χ3v) is 4.32. The van der Waals surface area contributed by atoms with E-state index in [2.05, 4.69) is 0 Å². The molecule has 0 saturated heterocycles. The van der Waals surface area contributed by atoms with Crippen molar-refractivity contribution in [1.29, 1.82) is 0 Å². The van der Waals surface area contributed by atoms with Crippen LogP contribution in [0.1, 0.15) is 19.8 Å². The van der Waals surface area contributed by atoms with Gasteiger partial charge in [0.25, 0.3) is 0 Å². The average Bonchev–Trinajstić information content (AvgIpc) is 1.99. The van der Waals surface area contributed by atoms with Crippen LogP contribution in [0.3, 0.4) is 0 Å². The fraction of sp³-hybridized carbons (Fsp3) is 1.00. The van der Waals surface area contributed by atoms with Crippen LogP contribution in [0.25, 0.3) is 0 Å². The minimum absolute atomic E-state index is 0.0117. The highest BCUT2D eigenvalue weighted by molar-refractivity contribution is 7.92. The third kappa shape index (κ3) is 10.1. The van der Waals surface area contributed by atoms with Gasteiger partial charge in [0.2, 0.25) is 0 Å². The van der Waals surface area contributed by atoms with Crippen LogP contribution in [0.4, 0.5) is 0 Å². The first-order valence-corrected chi connectivity index (χ1v) is 8.14. The average molecular weight is 241 g/mol. The second kappa shape index (κ2) is 6.53. The Hall–Kier alpha value is 0.0600. The van der Waals surface area contributed by atoms with E-state index in [9.17, 15) is 12.6 Å². The van der Waals surface area contributed by atoms with Gasteiger partial charge in [-0.2, -0.15) is 0 Å². The molecule has 0 amide bonds. The zero-order valence-electron chi connectivity index (χ0n) is 8.73. The molecule has 6 heteroatoms. The first-order chi connectivity index (χ1) is 6.31. The molecule has 0 aromatic carbocycles. The van der Waals surface area contributed by atoms with Crippen molar-refractivity contribution in [2.75, 3.05) is 23.5 Å². The first kappa shape index (κ1) is 14.1. The van der Waals surface area contributed by atoms with Crippen LogP contribution in [0.15, 0.2) is 0 Å². The highest BCUT2D eigenvalue weighted by Gasteiger charge is 2.06. The molecule has 2 atom stereocenters. The Labute approximate surface area is 88.6 Å². The maximum atomic E-state index is 11.3. The third-order valence-electron chi connectivity index (χ3n) is 1.71. The van der Waals surface area contributed by atoms with Crippen molar-refractivity contribution in [2.24, 2.45) is 5.73 Å². The highest BCUT2D eigenvalue weighted by atomic mass is 32.2. The molecule has 0 spiro atoms. The SMILES string of the molecule is CC(N)CCCS(=O)CCS(C)(=O)=O. The molecule has 0 aliphatic heterocycles. The van der Waals surface area contributed by atoms with E-state index >= 15 is 0 Å². The van der Waals surface area contributed by atoms with Gasteiger partial charge in [-0.15, -0.1) is 0 Å². The van der Waals surface area contributed by atoms with Gasteiger partial charge in [0.1, 0.15) is 9.84 Å². The van der Waals surface area contributed by atoms with Crippen molar-refractivity contribution in [3.8, 4) is 0 Å². The number of hydrogen-bond acceptors (Lipinski definition) is 4. The summed E-state index contributed by atoms with van der Waals surface area (Å²) < 4.78 is 32.8. The number of hydrogen-bond donors (Lipinski definition) is 1. The van der Waals surface area contributed by atoms with E-state index < -0.39 is 20.6 Å². The Kier molecular flexibility index (Phi) is 6.55. The van der Waals surface area contributed by atoms with E-state index in [1.807, 2.05) is 6.92 Å². The quantitative estimate of drug-likeness (QED) is 0.675. The highest BCUT2D eigenvalue weighted by Crippen LogP contribution is 1.97. The molecule has 0 aromatic rings. The van der Waals surface area contributed by atoms with Gasteiger partial charge in [-0.1, -0.05) is 0 Å². The van der Waals surface area contributed by atoms with Crippen molar-refractivity contribution in [1.82, 2.24) is 0 Å². The molecule has 0 bridgehead atoms. The zero-order chi connectivity index (χ0) is 11.2. The Balaban J connectivity index is 3.57. The maximum Gasteiger partial charge on any atom is 0.148 e. The molecule has 2 N–H and O–H groups in total. The normalized spacial score (nSPS) is 16.5. The molecule has 0 aliphatic carbocycles. The molecule has 0 saturated carbocycles. The Morgan fingerprint density at radius 1 is 1.36 bits per heavy atom. The fourth-order valence-electron chi connectivity index (χ4n) is 0.913. The molecule has 0 heterocycles. The van der Waals surface area contributed by atoms with Gasteiger partial charge in [-0.05, 0) is 19.8 Å². The maximum absolute atomic E-state index is 11.3. The van der Waals surface area contributed by atoms with E-state index in [1.165, 1.54) is 0 Å². The van der Waals surface area contributed by atoms with Crippen LogP contribution in [0.2, 0.25) is 0 Å². The Morgan fingerprint density at radius 2 is 1.93 bits per heavy atom. The number of nitrogens with two attached hydrogens (primary N) is 1. The van der Waals surface area contributed by atoms with Gasteiger partial charge in [0.05, 0.1) is 5.75 Å². The predicted octanol–water partition coefficient (Wildman–Crippen LogP) is -0.0929. The minimum Gasteiger partial charge on any atom is -0.328 e. The van der Waals surface area contributed by atoms with E-state index in [-0.39, 0.29) is 17.5 Å². The van der Waals surface area contributed by atoms with Crippen LogP contribution in [-0.4, -0.2) is 42.2 Å². The van der Waals surface area contributed by atoms with E-state index in [0.29, 0.717) is 5.75 Å². The summed E-state index contributed by atoms with van der Waals surface area (Å²) in [5.41, 5.74) is 5.53. The molecule has 0 aliphatic rings. The lowest BCUT2D eigenvalue weighted by Crippen LogP contribution is -2.17. The second-order valence-electron chi connectivity index (χ2n) is 3.60. The van der Waals surface area contributed by atoms with E-state index in [4.69, 9.17) is 5.73 Å². The lowest BCUT2D eigenvalue weighted by atomic mass is 10.2. The van der Waals surface area contributed by atoms with E-state index in [0.717, 1.165) is 19.1 Å². The second-order valence-corrected chi connectivity index (χ2v) is 7.55. The minimum atomic E-state index is -2.98. The molecule has 86 valence electrons. The fourth-order valence-corrected chi connectivity index (χ4v) is 3.56. The van der Waals surface area contributed by atoms with Crippen LogP contribution < -0.4 is 5.73 Å². The largest absolute Gasteiger partial charge is 0.328 e. The molecule has 0 radical (unpaired) electrons. The lowest BCUT2D eigenvalue weighted by molar-refractivity contribution is 0.602. The van der Waals surface area contributed by atoms with Crippen molar-refractivity contribution in [2.45, 2.75) is 25.8 Å². The molecule has 0 aromatic heterocycles. The summed E-state index contributed by atoms with van der Waals surface area (Å²) in [6, 6.07) is 0.127. The molecule has 0 rings (SSSR count). The van der Waals surface area contributed by atoms with Crippen molar-refractivity contribution < 1.29 is 12.6 Å². The summed E-state index contributed by atoms with van der Waals surface area (Å²) in [7, 11) is -4.00. The van der Waals surface area contributed by atoms with Crippen molar-refractivity contribution in [3.05, 3.63) is 0 Å². The lowest BCUT2D eigenvalue weighted by Gasteiger charge is -2.04. The van der Waals surface area contributed by atoms with Gasteiger partial charge >= 0.3 is 0 Å². The molecular formula is C8H19NO3S2. The summed E-state index contributed by atoms with van der Waals surface area (Å²) in [5, 5.41) is 0. The zero-order valence-corrected chi connectivity index (χ0v) is 10.4. The van der Waals surface area contributed by atoms with Crippen LogP contribution >= 0.6 is 0 Å².